The summed E-state index contributed by atoms with van der Waals surface area (Å²) >= 11 is 6.08. The monoisotopic (exact) mass is 415 g/mol. The molecule has 1 heterocycles. The molecule has 1 atom stereocenters. The van der Waals surface area contributed by atoms with Crippen molar-refractivity contribution in [3.8, 4) is 6.07 Å². The number of ether oxygens (including phenoxy) is 5. The summed E-state index contributed by atoms with van der Waals surface area (Å²) in [5.41, 5.74) is 1.74. The van der Waals surface area contributed by atoms with Crippen molar-refractivity contribution in [2.75, 3.05) is 28.4 Å². The Morgan fingerprint density at radius 2 is 1.48 bits per heavy atom. The zero-order chi connectivity index (χ0) is 21.1. The molecule has 0 spiro atoms. The molecule has 0 fully saturated rings. The first kappa shape index (κ1) is 21.3. The van der Waals surface area contributed by atoms with E-state index < -0.39 is 17.7 Å². The van der Waals surface area contributed by atoms with E-state index in [2.05, 4.69) is 6.07 Å². The van der Waals surface area contributed by atoms with E-state index in [0.29, 0.717) is 21.9 Å². The van der Waals surface area contributed by atoms with E-state index in [9.17, 15) is 5.26 Å². The molecule has 0 aromatic heterocycles. The summed E-state index contributed by atoms with van der Waals surface area (Å²) in [6.07, 6.45) is 0. The molecular formula is C22H22ClNO5. The number of nitrogens with zero attached hydrogens (tertiary/aromatic N) is 1. The van der Waals surface area contributed by atoms with Crippen LogP contribution < -0.4 is 0 Å². The Hall–Kier alpha value is -2.40. The molecule has 29 heavy (non-hydrogen) atoms. The van der Waals surface area contributed by atoms with Crippen LogP contribution in [-0.4, -0.2) is 40.2 Å². The molecule has 0 saturated carbocycles. The van der Waals surface area contributed by atoms with Crippen LogP contribution in [0.3, 0.4) is 0 Å². The summed E-state index contributed by atoms with van der Waals surface area (Å²) in [4.78, 5) is 0. The number of hydrogen-bond acceptors (Lipinski definition) is 6. The molecule has 152 valence electrons. The molecule has 2 aromatic carbocycles. The quantitative estimate of drug-likeness (QED) is 0.654. The van der Waals surface area contributed by atoms with Gasteiger partial charge in [-0.1, -0.05) is 54.1 Å². The fourth-order valence-corrected chi connectivity index (χ4v) is 3.87. The third kappa shape index (κ3) is 3.31. The maximum Gasteiger partial charge on any atom is 0.385 e. The highest BCUT2D eigenvalue weighted by Crippen LogP contribution is 2.54. The van der Waals surface area contributed by atoms with E-state index in [1.165, 1.54) is 28.4 Å². The van der Waals surface area contributed by atoms with Crippen LogP contribution >= 0.6 is 11.6 Å². The molecule has 1 aliphatic heterocycles. The van der Waals surface area contributed by atoms with E-state index in [0.717, 1.165) is 5.56 Å². The van der Waals surface area contributed by atoms with Crippen molar-refractivity contribution >= 4 is 17.4 Å². The van der Waals surface area contributed by atoms with E-state index in [1.54, 1.807) is 24.3 Å². The van der Waals surface area contributed by atoms with Crippen LogP contribution in [0.15, 0.2) is 60.2 Å². The van der Waals surface area contributed by atoms with Crippen LogP contribution in [-0.2, 0) is 23.7 Å². The van der Waals surface area contributed by atoms with Crippen LogP contribution in [0.4, 0.5) is 0 Å². The van der Waals surface area contributed by atoms with Crippen molar-refractivity contribution in [2.45, 2.75) is 17.7 Å². The fraction of sp³-hybridized carbons (Fsp3) is 0.318. The Bertz CT molecular complexity index is 912. The van der Waals surface area contributed by atoms with E-state index >= 15 is 0 Å². The number of benzene rings is 2. The minimum atomic E-state index is -1.79. The van der Waals surface area contributed by atoms with Gasteiger partial charge < -0.3 is 23.7 Å². The zero-order valence-electron chi connectivity index (χ0n) is 16.6. The Morgan fingerprint density at radius 3 is 1.97 bits per heavy atom. The average Bonchev–Trinajstić information content (AvgIpc) is 2.78. The second kappa shape index (κ2) is 8.54. The number of halogens is 1. The third-order valence-corrected chi connectivity index (χ3v) is 5.33. The van der Waals surface area contributed by atoms with Gasteiger partial charge in [0.15, 0.2) is 0 Å². The van der Waals surface area contributed by atoms with Gasteiger partial charge in [0.1, 0.15) is 5.76 Å². The molecule has 0 bridgehead atoms. The maximum absolute atomic E-state index is 10.1. The first-order valence-corrected chi connectivity index (χ1v) is 9.25. The summed E-state index contributed by atoms with van der Waals surface area (Å²) in [6.45, 7) is 0. The van der Waals surface area contributed by atoms with Crippen LogP contribution in [0.1, 0.15) is 17.0 Å². The summed E-state index contributed by atoms with van der Waals surface area (Å²) in [5.74, 6) is -3.81. The Morgan fingerprint density at radius 1 is 0.897 bits per heavy atom. The van der Waals surface area contributed by atoms with Gasteiger partial charge in [0.2, 0.25) is 0 Å². The fourth-order valence-electron chi connectivity index (χ4n) is 3.74. The number of rotatable bonds is 6. The van der Waals surface area contributed by atoms with Crippen molar-refractivity contribution in [3.63, 3.8) is 0 Å². The summed E-state index contributed by atoms with van der Waals surface area (Å²) < 4.78 is 29.2. The Kier molecular flexibility index (Phi) is 6.27. The van der Waals surface area contributed by atoms with Crippen LogP contribution in [0, 0.1) is 11.3 Å². The molecule has 7 heteroatoms. The van der Waals surface area contributed by atoms with Gasteiger partial charge in [-0.25, -0.2) is 0 Å². The average molecular weight is 416 g/mol. The second-order valence-corrected chi connectivity index (χ2v) is 6.78. The Balaban J connectivity index is 2.38. The molecular weight excluding hydrogens is 394 g/mol. The lowest BCUT2D eigenvalue weighted by Crippen LogP contribution is -2.65. The van der Waals surface area contributed by atoms with E-state index in [1.807, 2.05) is 30.3 Å². The molecule has 2 aromatic rings. The lowest BCUT2D eigenvalue weighted by molar-refractivity contribution is -0.473. The Labute approximate surface area is 175 Å². The lowest BCUT2D eigenvalue weighted by Gasteiger charge is -2.51. The predicted octanol–water partition coefficient (Wildman–Crippen LogP) is 4.32. The minimum Gasteiger partial charge on any atom is -0.433 e. The molecule has 0 amide bonds. The van der Waals surface area contributed by atoms with Crippen molar-refractivity contribution in [1.29, 1.82) is 5.26 Å². The van der Waals surface area contributed by atoms with E-state index in [-0.39, 0.29) is 0 Å². The van der Waals surface area contributed by atoms with Gasteiger partial charge in [-0.15, -0.1) is 0 Å². The van der Waals surface area contributed by atoms with Crippen LogP contribution in [0.5, 0.6) is 0 Å². The summed E-state index contributed by atoms with van der Waals surface area (Å²) in [7, 11) is 5.75. The lowest BCUT2D eigenvalue weighted by atomic mass is 9.79. The van der Waals surface area contributed by atoms with Crippen molar-refractivity contribution < 1.29 is 23.7 Å². The highest BCUT2D eigenvalue weighted by atomic mass is 35.5. The molecule has 1 aliphatic rings. The summed E-state index contributed by atoms with van der Waals surface area (Å²) in [6, 6.07) is 18.6. The minimum absolute atomic E-state index is 0.312. The van der Waals surface area contributed by atoms with Gasteiger partial charge >= 0.3 is 5.97 Å². The van der Waals surface area contributed by atoms with Crippen LogP contribution in [0.25, 0.3) is 5.76 Å². The van der Waals surface area contributed by atoms with Gasteiger partial charge in [0.25, 0.3) is 5.79 Å². The molecule has 0 saturated heterocycles. The summed E-state index contributed by atoms with van der Waals surface area (Å²) in [5, 5.41) is 10.7. The topological polar surface area (TPSA) is 69.9 Å². The number of hydrogen-bond donors (Lipinski definition) is 0. The highest BCUT2D eigenvalue weighted by molar-refractivity contribution is 6.30. The van der Waals surface area contributed by atoms with Crippen molar-refractivity contribution in [3.05, 3.63) is 76.3 Å². The van der Waals surface area contributed by atoms with Crippen molar-refractivity contribution in [1.82, 2.24) is 0 Å². The standard InChI is InChI=1S/C22H22ClNO5/c1-25-21(26-2)19(15-10-12-17(23)13-11-15)18(14-24)20(16-8-6-5-7-9-16)29-22(21,27-3)28-4/h5-13,19H,1-4H3/t19-/m0/s1. The van der Waals surface area contributed by atoms with Gasteiger partial charge in [0, 0.05) is 39.0 Å². The number of methoxy groups -OCH3 is 4. The second-order valence-electron chi connectivity index (χ2n) is 6.35. The van der Waals surface area contributed by atoms with E-state index in [4.69, 9.17) is 35.3 Å². The largest absolute Gasteiger partial charge is 0.433 e. The molecule has 3 rings (SSSR count). The van der Waals surface area contributed by atoms with Crippen molar-refractivity contribution in [2.24, 2.45) is 0 Å². The molecule has 6 nitrogen and oxygen atoms in total. The zero-order valence-corrected chi connectivity index (χ0v) is 17.4. The maximum atomic E-state index is 10.1. The smallest absolute Gasteiger partial charge is 0.385 e. The molecule has 0 N–H and O–H groups in total. The highest BCUT2D eigenvalue weighted by Gasteiger charge is 2.67. The van der Waals surface area contributed by atoms with Gasteiger partial charge in [-0.05, 0) is 17.7 Å². The molecule has 0 aliphatic carbocycles. The van der Waals surface area contributed by atoms with Crippen LogP contribution in [0.2, 0.25) is 5.02 Å². The number of nitriles is 1. The SMILES string of the molecule is COC1(OC)OC(c2ccccc2)=C(C#N)[C@H](c2ccc(Cl)cc2)C1(OC)OC. The first-order chi connectivity index (χ1) is 14.0. The van der Waals surface area contributed by atoms with Gasteiger partial charge in [-0.2, -0.15) is 5.26 Å². The predicted molar refractivity (Wildman–Crippen MR) is 108 cm³/mol. The molecule has 0 unspecified atom stereocenters. The normalized spacial score (nSPS) is 20.1. The molecule has 0 radical (unpaired) electrons. The van der Waals surface area contributed by atoms with Gasteiger partial charge in [-0.3, -0.25) is 0 Å². The third-order valence-electron chi connectivity index (χ3n) is 5.08. The first-order valence-electron chi connectivity index (χ1n) is 8.87. The van der Waals surface area contributed by atoms with Gasteiger partial charge in [0.05, 0.1) is 17.6 Å².